The molecule has 0 aliphatic rings. The molecule has 0 unspecified atom stereocenters. The van der Waals surface area contributed by atoms with E-state index in [9.17, 15) is 57.4 Å². The second kappa shape index (κ2) is 23.4. The van der Waals surface area contributed by atoms with Crippen LogP contribution in [-0.4, -0.2) is 48.0 Å². The molecule has 0 rings (SSSR count). The van der Waals surface area contributed by atoms with Crippen LogP contribution in [0.1, 0.15) is 0 Å². The summed E-state index contributed by atoms with van der Waals surface area (Å²) in [6.07, 6.45) is -5.63. The van der Waals surface area contributed by atoms with Gasteiger partial charge in [-0.3, -0.25) is 9.80 Å². The van der Waals surface area contributed by atoms with Gasteiger partial charge in [0.05, 0.1) is 0 Å². The SMILES string of the molecule is O=P([O-])([O-])CN(CCN(CP(=O)([O-])[O-])CP(=O)([O-])[O-])CP(=O)([O-])[O-].[Na+].[Na+].[Na+].[Na+].[Na+].[Na+]. The number of hydrogen-bond acceptors (Lipinski definition) is 14. The Morgan fingerprint density at radius 1 is 0.400 bits per heavy atom. The van der Waals surface area contributed by atoms with Crippen molar-refractivity contribution in [1.29, 1.82) is 0 Å². The van der Waals surface area contributed by atoms with Gasteiger partial charge in [-0.2, -0.15) is 0 Å². The quantitative estimate of drug-likeness (QED) is 0.166. The minimum absolute atomic E-state index is 0. The largest absolute Gasteiger partial charge is 1.00 e. The maximum atomic E-state index is 10.7. The molecule has 0 aromatic rings. The number of nitrogens with zero attached hydrogens (tertiary/aromatic N) is 2. The Morgan fingerprint density at radius 2 is 0.533 bits per heavy atom. The third kappa shape index (κ3) is 39.0. The van der Waals surface area contributed by atoms with E-state index in [-0.39, 0.29) is 177 Å². The van der Waals surface area contributed by atoms with Crippen molar-refractivity contribution < 1.29 is 235 Å². The molecule has 30 heavy (non-hydrogen) atoms. The fraction of sp³-hybridized carbons (Fsp3) is 1.00. The van der Waals surface area contributed by atoms with E-state index >= 15 is 0 Å². The van der Waals surface area contributed by atoms with Crippen LogP contribution in [0, 0.1) is 0 Å². The van der Waals surface area contributed by atoms with Crippen LogP contribution >= 0.6 is 30.4 Å². The van der Waals surface area contributed by atoms with Crippen LogP contribution in [0.5, 0.6) is 0 Å². The molecule has 0 spiro atoms. The van der Waals surface area contributed by atoms with Crippen molar-refractivity contribution in [3.8, 4) is 0 Å². The summed E-state index contributed by atoms with van der Waals surface area (Å²) in [7, 11) is -21.2. The van der Waals surface area contributed by atoms with Gasteiger partial charge in [0.1, 0.15) is 0 Å². The van der Waals surface area contributed by atoms with Gasteiger partial charge in [0.25, 0.3) is 0 Å². The Labute approximate surface area is 307 Å². The van der Waals surface area contributed by atoms with Crippen LogP contribution in [0.4, 0.5) is 0 Å². The first-order chi connectivity index (χ1) is 10.4. The molecule has 0 aromatic carbocycles. The molecule has 0 bridgehead atoms. The predicted molar refractivity (Wildman–Crippen MR) is 63.3 cm³/mol. The van der Waals surface area contributed by atoms with Crippen LogP contribution in [0.2, 0.25) is 0 Å². The van der Waals surface area contributed by atoms with Crippen molar-refractivity contribution in [2.75, 3.05) is 38.2 Å². The van der Waals surface area contributed by atoms with Gasteiger partial charge in [-0.25, -0.2) is 0 Å². The maximum Gasteiger partial charge on any atom is 1.00 e. The molecule has 146 valence electrons. The molecule has 24 heteroatoms. The molecular weight excluding hydrogens is 554 g/mol. The molecule has 0 N–H and O–H groups in total. The van der Waals surface area contributed by atoms with E-state index in [1.54, 1.807) is 0 Å². The van der Waals surface area contributed by atoms with E-state index in [0.29, 0.717) is 9.80 Å². The summed E-state index contributed by atoms with van der Waals surface area (Å²) in [5.74, 6) is 0. The van der Waals surface area contributed by atoms with E-state index in [1.807, 2.05) is 0 Å². The van der Waals surface area contributed by atoms with Gasteiger partial charge in [-0.1, -0.05) is 30.4 Å². The molecular formula is C6H12N2Na6O12P4-2. The average molecular weight is 566 g/mol. The van der Waals surface area contributed by atoms with Gasteiger partial charge in [0, 0.05) is 38.2 Å². The summed E-state index contributed by atoms with van der Waals surface area (Å²) in [4.78, 5) is 85.9. The predicted octanol–water partition coefficient (Wildman–Crippen LogP) is -24.9. The molecule has 14 nitrogen and oxygen atoms in total. The first kappa shape index (κ1) is 52.9. The fourth-order valence-corrected chi connectivity index (χ4v) is 4.88. The van der Waals surface area contributed by atoms with Crippen molar-refractivity contribution in [3.05, 3.63) is 0 Å². The molecule has 0 fully saturated rings. The van der Waals surface area contributed by atoms with Crippen molar-refractivity contribution in [1.82, 2.24) is 9.80 Å². The van der Waals surface area contributed by atoms with Gasteiger partial charge < -0.3 is 57.4 Å². The fourth-order valence-electron chi connectivity index (χ4n) is 1.63. The van der Waals surface area contributed by atoms with Crippen LogP contribution in [0.3, 0.4) is 0 Å². The van der Waals surface area contributed by atoms with E-state index in [2.05, 4.69) is 0 Å². The van der Waals surface area contributed by atoms with Crippen molar-refractivity contribution in [2.45, 2.75) is 0 Å². The molecule has 0 aromatic heterocycles. The minimum Gasteiger partial charge on any atom is -0.810 e. The molecule has 0 aliphatic heterocycles. The number of rotatable bonds is 11. The summed E-state index contributed by atoms with van der Waals surface area (Å²) in [5.41, 5.74) is 0. The first-order valence-corrected chi connectivity index (χ1v) is 12.8. The molecule has 0 heterocycles. The van der Waals surface area contributed by atoms with Crippen molar-refractivity contribution >= 4 is 30.4 Å². The van der Waals surface area contributed by atoms with Gasteiger partial charge in [-0.15, -0.1) is 0 Å². The first-order valence-electron chi connectivity index (χ1n) is 5.85. The Kier molecular flexibility index (Phi) is 41.3. The van der Waals surface area contributed by atoms with Gasteiger partial charge in [0.2, 0.25) is 0 Å². The summed E-state index contributed by atoms with van der Waals surface area (Å²) in [5, 5.41) is 0. The Balaban J connectivity index is -0.000000176. The zero-order valence-electron chi connectivity index (χ0n) is 17.8. The molecule has 0 radical (unpaired) electrons. The van der Waals surface area contributed by atoms with Gasteiger partial charge in [0.15, 0.2) is 0 Å². The van der Waals surface area contributed by atoms with E-state index in [4.69, 9.17) is 0 Å². The number of hydrogen-bond donors (Lipinski definition) is 0. The van der Waals surface area contributed by atoms with Crippen LogP contribution in [0.15, 0.2) is 0 Å². The summed E-state index contributed by atoms with van der Waals surface area (Å²) in [6.45, 7) is -1.55. The maximum absolute atomic E-state index is 10.7. The smallest absolute Gasteiger partial charge is 0.810 e. The topological polar surface area (TPSA) is 259 Å². The zero-order chi connectivity index (χ0) is 19.4. The Bertz CT molecular complexity index is 508. The van der Waals surface area contributed by atoms with E-state index in [0.717, 1.165) is 0 Å². The molecule has 0 aliphatic carbocycles. The second-order valence-corrected chi connectivity index (χ2v) is 10.8. The molecule has 0 saturated carbocycles. The molecule has 0 atom stereocenters. The Morgan fingerprint density at radius 3 is 0.633 bits per heavy atom. The molecule has 0 amide bonds. The van der Waals surface area contributed by atoms with E-state index < -0.39 is 68.6 Å². The second-order valence-electron chi connectivity index (χ2n) is 4.80. The van der Waals surface area contributed by atoms with Crippen LogP contribution in [0.25, 0.3) is 0 Å². The third-order valence-electron chi connectivity index (χ3n) is 2.23. The summed E-state index contributed by atoms with van der Waals surface area (Å²) >= 11 is 0. The third-order valence-corrected chi connectivity index (χ3v) is 5.21. The standard InChI is InChI=1S/C6H20N2O12P4.6Na/c9-21(10,11)3-7(4-22(12,13)14)1-2-8(5-23(15,16)17)6-24(18,19)20;;;;;;/h1-6H2,(H2,9,10,11)(H2,12,13,14)(H2,15,16,17)(H2,18,19,20);;;;;;/q;6*+1/p-8. The van der Waals surface area contributed by atoms with Crippen LogP contribution < -0.4 is 216 Å². The van der Waals surface area contributed by atoms with Crippen molar-refractivity contribution in [2.24, 2.45) is 0 Å². The zero-order valence-corrected chi connectivity index (χ0v) is 33.4. The average Bonchev–Trinajstić information content (AvgIpc) is 2.16. The summed E-state index contributed by atoms with van der Waals surface area (Å²) in [6, 6.07) is 0. The van der Waals surface area contributed by atoms with Gasteiger partial charge >= 0.3 is 177 Å². The molecule has 0 saturated heterocycles. The van der Waals surface area contributed by atoms with Crippen molar-refractivity contribution in [3.63, 3.8) is 0 Å². The normalized spacial score (nSPS) is 11.7. The van der Waals surface area contributed by atoms with E-state index in [1.165, 1.54) is 0 Å². The minimum atomic E-state index is -5.30. The van der Waals surface area contributed by atoms with Gasteiger partial charge in [-0.05, 0) is 0 Å². The monoisotopic (exact) mass is 566 g/mol. The van der Waals surface area contributed by atoms with Crippen LogP contribution in [-0.2, 0) is 18.3 Å². The Hall–Kier alpha value is 6.52. The summed E-state index contributed by atoms with van der Waals surface area (Å²) < 4.78 is 42.7.